The van der Waals surface area contributed by atoms with Crippen molar-refractivity contribution < 1.29 is 9.90 Å². The highest BCUT2D eigenvalue weighted by Gasteiger charge is 2.27. The molecule has 1 aliphatic heterocycles. The van der Waals surface area contributed by atoms with E-state index in [0.29, 0.717) is 19.0 Å². The number of amides is 1. The molecule has 0 bridgehead atoms. The van der Waals surface area contributed by atoms with Crippen LogP contribution in [0.15, 0.2) is 0 Å². The fraction of sp³-hybridized carbons (Fsp3) is 0.941. The van der Waals surface area contributed by atoms with Gasteiger partial charge < -0.3 is 15.3 Å². The Balaban J connectivity index is 2.31. The van der Waals surface area contributed by atoms with Crippen LogP contribution in [0.4, 0.5) is 0 Å². The van der Waals surface area contributed by atoms with E-state index in [0.717, 1.165) is 25.9 Å². The normalized spacial score (nSPS) is 19.7. The van der Waals surface area contributed by atoms with Gasteiger partial charge in [-0.15, -0.1) is 0 Å². The first-order valence-corrected chi connectivity index (χ1v) is 8.18. The van der Waals surface area contributed by atoms with Crippen LogP contribution < -0.4 is 5.32 Å². The second kappa shape index (κ2) is 7.10. The molecule has 0 aromatic carbocycles. The number of rotatable bonds is 4. The Morgan fingerprint density at radius 2 is 1.71 bits per heavy atom. The molecule has 0 saturated carbocycles. The Labute approximate surface area is 130 Å². The van der Waals surface area contributed by atoms with Crippen molar-refractivity contribution in [2.45, 2.75) is 73.0 Å². The van der Waals surface area contributed by atoms with E-state index < -0.39 is 0 Å². The van der Waals surface area contributed by atoms with Gasteiger partial charge in [-0.25, -0.2) is 0 Å². The summed E-state index contributed by atoms with van der Waals surface area (Å²) in [5.74, 6) is 0.274. The summed E-state index contributed by atoms with van der Waals surface area (Å²) in [5, 5.41) is 13.5. The first-order valence-electron chi connectivity index (χ1n) is 8.18. The van der Waals surface area contributed by atoms with Crippen molar-refractivity contribution in [1.29, 1.82) is 0 Å². The minimum atomic E-state index is -0.335. The quantitative estimate of drug-likeness (QED) is 0.838. The van der Waals surface area contributed by atoms with E-state index >= 15 is 0 Å². The standard InChI is InChI=1S/C17H34N2O2/c1-16(2,3)11-15(21)19-9-7-13(8-10-19)18-12-14(20)17(4,5)6/h13-14,18,20H,7-12H2,1-6H3/t14-/m0/s1. The van der Waals surface area contributed by atoms with Crippen molar-refractivity contribution in [3.8, 4) is 0 Å². The summed E-state index contributed by atoms with van der Waals surface area (Å²) in [5.41, 5.74) is -0.0284. The molecule has 1 saturated heterocycles. The average molecular weight is 298 g/mol. The van der Waals surface area contributed by atoms with Crippen molar-refractivity contribution in [2.24, 2.45) is 10.8 Å². The lowest BCUT2D eigenvalue weighted by Crippen LogP contribution is -2.48. The monoisotopic (exact) mass is 298 g/mol. The van der Waals surface area contributed by atoms with Crippen molar-refractivity contribution in [1.82, 2.24) is 10.2 Å². The molecule has 2 N–H and O–H groups in total. The number of hydrogen-bond donors (Lipinski definition) is 2. The second-order valence-electron chi connectivity index (χ2n) is 8.68. The van der Waals surface area contributed by atoms with Gasteiger partial charge in [0.15, 0.2) is 0 Å². The zero-order chi connectivity index (χ0) is 16.3. The highest BCUT2D eigenvalue weighted by Crippen LogP contribution is 2.22. The Hall–Kier alpha value is -0.610. The molecule has 1 heterocycles. The highest BCUT2D eigenvalue weighted by molar-refractivity contribution is 5.76. The fourth-order valence-corrected chi connectivity index (χ4v) is 2.48. The van der Waals surface area contributed by atoms with Gasteiger partial charge in [0.25, 0.3) is 0 Å². The van der Waals surface area contributed by atoms with Gasteiger partial charge in [-0.05, 0) is 23.7 Å². The predicted molar refractivity (Wildman–Crippen MR) is 87.1 cm³/mol. The smallest absolute Gasteiger partial charge is 0.223 e. The van der Waals surface area contributed by atoms with Gasteiger partial charge in [-0.3, -0.25) is 4.79 Å². The van der Waals surface area contributed by atoms with E-state index in [1.54, 1.807) is 0 Å². The minimum absolute atomic E-state index is 0.0585. The summed E-state index contributed by atoms with van der Waals surface area (Å²) >= 11 is 0. The molecule has 1 amide bonds. The Morgan fingerprint density at radius 3 is 2.14 bits per heavy atom. The Bertz CT molecular complexity index is 334. The van der Waals surface area contributed by atoms with Crippen molar-refractivity contribution >= 4 is 5.91 Å². The average Bonchev–Trinajstić information content (AvgIpc) is 2.33. The van der Waals surface area contributed by atoms with Gasteiger partial charge in [-0.2, -0.15) is 0 Å². The van der Waals surface area contributed by atoms with E-state index in [-0.39, 0.29) is 22.8 Å². The molecule has 1 rings (SSSR count). The number of carbonyl (C=O) groups is 1. The zero-order valence-electron chi connectivity index (χ0n) is 14.7. The Kier molecular flexibility index (Phi) is 6.23. The molecule has 124 valence electrons. The minimum Gasteiger partial charge on any atom is -0.391 e. The molecule has 1 atom stereocenters. The molecule has 1 aliphatic rings. The molecule has 0 radical (unpaired) electrons. The molecule has 21 heavy (non-hydrogen) atoms. The molecule has 0 aliphatic carbocycles. The number of carbonyl (C=O) groups excluding carboxylic acids is 1. The van der Waals surface area contributed by atoms with E-state index in [9.17, 15) is 9.90 Å². The molecular weight excluding hydrogens is 264 g/mol. The number of nitrogens with zero attached hydrogens (tertiary/aromatic N) is 1. The van der Waals surface area contributed by atoms with Crippen LogP contribution in [-0.4, -0.2) is 47.7 Å². The number of aliphatic hydroxyl groups is 1. The SMILES string of the molecule is CC(C)(C)CC(=O)N1CCC(NC[C@H](O)C(C)(C)C)CC1. The van der Waals surface area contributed by atoms with E-state index in [1.165, 1.54) is 0 Å². The summed E-state index contributed by atoms with van der Waals surface area (Å²) in [7, 11) is 0. The van der Waals surface area contributed by atoms with E-state index in [1.807, 2.05) is 25.7 Å². The third-order valence-electron chi connectivity index (χ3n) is 4.13. The first-order chi connectivity index (χ1) is 9.49. The molecule has 0 spiro atoms. The van der Waals surface area contributed by atoms with Crippen molar-refractivity contribution in [3.05, 3.63) is 0 Å². The molecule has 0 aromatic rings. The molecule has 0 unspecified atom stereocenters. The van der Waals surface area contributed by atoms with Gasteiger partial charge in [0, 0.05) is 32.1 Å². The van der Waals surface area contributed by atoms with Crippen LogP contribution in [0.1, 0.15) is 60.8 Å². The third-order valence-corrected chi connectivity index (χ3v) is 4.13. The lowest BCUT2D eigenvalue weighted by molar-refractivity contribution is -0.134. The lowest BCUT2D eigenvalue weighted by atomic mass is 9.89. The molecular formula is C17H34N2O2. The maximum absolute atomic E-state index is 12.2. The van der Waals surface area contributed by atoms with Gasteiger partial charge in [0.2, 0.25) is 5.91 Å². The number of nitrogens with one attached hydrogen (secondary N) is 1. The van der Waals surface area contributed by atoms with Gasteiger partial charge in [-0.1, -0.05) is 41.5 Å². The first kappa shape index (κ1) is 18.4. The molecule has 4 nitrogen and oxygen atoms in total. The Morgan fingerprint density at radius 1 is 1.19 bits per heavy atom. The van der Waals surface area contributed by atoms with Crippen LogP contribution in [0.5, 0.6) is 0 Å². The maximum atomic E-state index is 12.2. The van der Waals surface area contributed by atoms with Crippen LogP contribution in [0.25, 0.3) is 0 Å². The van der Waals surface area contributed by atoms with Crippen LogP contribution in [-0.2, 0) is 4.79 Å². The predicted octanol–water partition coefficient (Wildman–Crippen LogP) is 2.41. The summed E-state index contributed by atoms with van der Waals surface area (Å²) in [4.78, 5) is 14.2. The van der Waals surface area contributed by atoms with Gasteiger partial charge in [0.1, 0.15) is 0 Å². The molecule has 1 fully saturated rings. The maximum Gasteiger partial charge on any atom is 0.223 e. The fourth-order valence-electron chi connectivity index (χ4n) is 2.48. The summed E-state index contributed by atoms with van der Waals surface area (Å²) in [6.07, 6.45) is 2.24. The number of hydrogen-bond acceptors (Lipinski definition) is 3. The largest absolute Gasteiger partial charge is 0.391 e. The molecule has 0 aromatic heterocycles. The summed E-state index contributed by atoms with van der Waals surface area (Å²) in [6, 6.07) is 0.417. The molecule has 4 heteroatoms. The van der Waals surface area contributed by atoms with Crippen molar-refractivity contribution in [2.75, 3.05) is 19.6 Å². The van der Waals surface area contributed by atoms with Crippen LogP contribution in [0, 0.1) is 10.8 Å². The second-order valence-corrected chi connectivity index (χ2v) is 8.68. The number of piperidine rings is 1. The van der Waals surface area contributed by atoms with E-state index in [4.69, 9.17) is 0 Å². The van der Waals surface area contributed by atoms with Gasteiger partial charge >= 0.3 is 0 Å². The topological polar surface area (TPSA) is 52.6 Å². The van der Waals surface area contributed by atoms with E-state index in [2.05, 4.69) is 26.1 Å². The van der Waals surface area contributed by atoms with Crippen molar-refractivity contribution in [3.63, 3.8) is 0 Å². The van der Waals surface area contributed by atoms with Crippen LogP contribution >= 0.6 is 0 Å². The lowest BCUT2D eigenvalue weighted by Gasteiger charge is -2.35. The zero-order valence-corrected chi connectivity index (χ0v) is 14.7. The van der Waals surface area contributed by atoms with Crippen LogP contribution in [0.2, 0.25) is 0 Å². The summed E-state index contributed by atoms with van der Waals surface area (Å²) in [6.45, 7) is 14.8. The number of aliphatic hydroxyl groups excluding tert-OH is 1. The third kappa shape index (κ3) is 6.79. The van der Waals surface area contributed by atoms with Gasteiger partial charge in [0.05, 0.1) is 6.10 Å². The van der Waals surface area contributed by atoms with Crippen LogP contribution in [0.3, 0.4) is 0 Å². The number of likely N-dealkylation sites (tertiary alicyclic amines) is 1. The summed E-state index contributed by atoms with van der Waals surface area (Å²) < 4.78 is 0. The highest BCUT2D eigenvalue weighted by atomic mass is 16.3.